The van der Waals surface area contributed by atoms with E-state index >= 15 is 0 Å². The standard InChI is InChI=1S/C15H24O6/c1-5-9-14(18,10-6-2)11-15(19,20-12(16)7-3)21-13(17)8-4/h7-8,18-19H,3-6,9-11H2,1-2H3. The molecule has 0 aromatic carbocycles. The van der Waals surface area contributed by atoms with Gasteiger partial charge in [-0.25, -0.2) is 9.59 Å². The molecule has 120 valence electrons. The molecule has 0 bridgehead atoms. The lowest BCUT2D eigenvalue weighted by Gasteiger charge is -2.35. The molecule has 0 unspecified atom stereocenters. The van der Waals surface area contributed by atoms with Crippen molar-refractivity contribution in [1.82, 2.24) is 0 Å². The van der Waals surface area contributed by atoms with Gasteiger partial charge in [-0.1, -0.05) is 39.8 Å². The van der Waals surface area contributed by atoms with Gasteiger partial charge >= 0.3 is 17.9 Å². The van der Waals surface area contributed by atoms with Crippen LogP contribution in [-0.2, 0) is 19.1 Å². The number of carbonyl (C=O) groups is 2. The molecular weight excluding hydrogens is 276 g/mol. The lowest BCUT2D eigenvalue weighted by Crippen LogP contribution is -2.47. The highest BCUT2D eigenvalue weighted by molar-refractivity contribution is 5.83. The Morgan fingerprint density at radius 1 is 1.00 bits per heavy atom. The molecule has 0 aromatic heterocycles. The minimum absolute atomic E-state index is 0.362. The molecule has 0 fully saturated rings. The van der Waals surface area contributed by atoms with Crippen molar-refractivity contribution in [1.29, 1.82) is 0 Å². The molecule has 0 saturated carbocycles. The topological polar surface area (TPSA) is 93.1 Å². The first-order valence-electron chi connectivity index (χ1n) is 6.89. The number of ether oxygens (including phenoxy) is 2. The van der Waals surface area contributed by atoms with Gasteiger partial charge in [-0.2, -0.15) is 0 Å². The summed E-state index contributed by atoms with van der Waals surface area (Å²) < 4.78 is 9.39. The van der Waals surface area contributed by atoms with Crippen LogP contribution in [0.4, 0.5) is 0 Å². The Morgan fingerprint density at radius 3 is 1.67 bits per heavy atom. The van der Waals surface area contributed by atoms with E-state index in [4.69, 9.17) is 9.47 Å². The van der Waals surface area contributed by atoms with Gasteiger partial charge in [0.15, 0.2) is 0 Å². The summed E-state index contributed by atoms with van der Waals surface area (Å²) in [6, 6.07) is 0. The molecule has 0 saturated heterocycles. The Bertz CT molecular complexity index is 360. The van der Waals surface area contributed by atoms with Gasteiger partial charge in [0.2, 0.25) is 0 Å². The van der Waals surface area contributed by atoms with Crippen LogP contribution < -0.4 is 0 Å². The van der Waals surface area contributed by atoms with Crippen LogP contribution in [0, 0.1) is 0 Å². The SMILES string of the molecule is C=CC(=O)OC(O)(CC(O)(CCC)CCC)OC(=O)C=C. The molecule has 6 heteroatoms. The molecule has 0 aliphatic heterocycles. The van der Waals surface area contributed by atoms with E-state index in [2.05, 4.69) is 13.2 Å². The lowest BCUT2D eigenvalue weighted by molar-refractivity contribution is -0.338. The highest BCUT2D eigenvalue weighted by Crippen LogP contribution is 2.31. The first-order valence-corrected chi connectivity index (χ1v) is 6.89. The van der Waals surface area contributed by atoms with Crippen LogP contribution in [0.25, 0.3) is 0 Å². The van der Waals surface area contributed by atoms with Crippen LogP contribution in [0.5, 0.6) is 0 Å². The van der Waals surface area contributed by atoms with Crippen LogP contribution in [-0.4, -0.2) is 33.7 Å². The molecule has 0 aliphatic carbocycles. The maximum atomic E-state index is 11.3. The predicted molar refractivity (Wildman–Crippen MR) is 76.9 cm³/mol. The van der Waals surface area contributed by atoms with Crippen LogP contribution in [0.2, 0.25) is 0 Å². The third-order valence-electron chi connectivity index (χ3n) is 2.84. The van der Waals surface area contributed by atoms with E-state index in [0.29, 0.717) is 25.7 Å². The molecule has 0 amide bonds. The molecule has 0 atom stereocenters. The van der Waals surface area contributed by atoms with Crippen molar-refractivity contribution >= 4 is 11.9 Å². The average molecular weight is 300 g/mol. The van der Waals surface area contributed by atoms with Crippen molar-refractivity contribution in [3.8, 4) is 0 Å². The van der Waals surface area contributed by atoms with Crippen molar-refractivity contribution in [2.24, 2.45) is 0 Å². The van der Waals surface area contributed by atoms with E-state index in [-0.39, 0.29) is 0 Å². The maximum absolute atomic E-state index is 11.3. The van der Waals surface area contributed by atoms with Crippen LogP contribution >= 0.6 is 0 Å². The van der Waals surface area contributed by atoms with Crippen LogP contribution in [0.3, 0.4) is 0 Å². The number of esters is 2. The first kappa shape index (κ1) is 19.3. The van der Waals surface area contributed by atoms with Gasteiger partial charge in [0.1, 0.15) is 0 Å². The highest BCUT2D eigenvalue weighted by Gasteiger charge is 2.44. The number of rotatable bonds is 10. The molecule has 21 heavy (non-hydrogen) atoms. The zero-order chi connectivity index (χ0) is 16.5. The zero-order valence-electron chi connectivity index (χ0n) is 12.6. The first-order chi connectivity index (χ1) is 9.74. The summed E-state index contributed by atoms with van der Waals surface area (Å²) >= 11 is 0. The van der Waals surface area contributed by atoms with Crippen LogP contribution in [0.15, 0.2) is 25.3 Å². The Kier molecular flexibility index (Phi) is 7.91. The van der Waals surface area contributed by atoms with E-state index < -0.39 is 29.9 Å². The van der Waals surface area contributed by atoms with Gasteiger partial charge in [0.25, 0.3) is 0 Å². The normalized spacial score (nSPS) is 11.6. The maximum Gasteiger partial charge on any atom is 0.376 e. The fourth-order valence-corrected chi connectivity index (χ4v) is 2.14. The Labute approximate surface area is 125 Å². The minimum Gasteiger partial charge on any atom is -0.395 e. The van der Waals surface area contributed by atoms with Gasteiger partial charge in [-0.15, -0.1) is 0 Å². The van der Waals surface area contributed by atoms with E-state index in [1.165, 1.54) is 0 Å². The van der Waals surface area contributed by atoms with Crippen LogP contribution in [0.1, 0.15) is 46.0 Å². The van der Waals surface area contributed by atoms with Crippen molar-refractivity contribution in [2.45, 2.75) is 57.5 Å². The third-order valence-corrected chi connectivity index (χ3v) is 2.84. The smallest absolute Gasteiger partial charge is 0.376 e. The largest absolute Gasteiger partial charge is 0.395 e. The van der Waals surface area contributed by atoms with E-state index in [1.54, 1.807) is 0 Å². The lowest BCUT2D eigenvalue weighted by atomic mass is 9.88. The zero-order valence-corrected chi connectivity index (χ0v) is 12.6. The second kappa shape index (κ2) is 8.59. The van der Waals surface area contributed by atoms with E-state index in [1.807, 2.05) is 13.8 Å². The van der Waals surface area contributed by atoms with Crippen molar-refractivity contribution in [3.63, 3.8) is 0 Å². The van der Waals surface area contributed by atoms with E-state index in [9.17, 15) is 19.8 Å². The van der Waals surface area contributed by atoms with Gasteiger partial charge in [0.05, 0.1) is 12.0 Å². The number of hydrogen-bond donors (Lipinski definition) is 2. The molecular formula is C15H24O6. The van der Waals surface area contributed by atoms with Gasteiger partial charge in [0, 0.05) is 12.2 Å². The number of hydrogen-bond acceptors (Lipinski definition) is 6. The van der Waals surface area contributed by atoms with Crippen molar-refractivity contribution in [3.05, 3.63) is 25.3 Å². The quantitative estimate of drug-likeness (QED) is 0.363. The molecule has 0 heterocycles. The molecule has 0 rings (SSSR count). The summed E-state index contributed by atoms with van der Waals surface area (Å²) in [4.78, 5) is 22.6. The second-order valence-corrected chi connectivity index (χ2v) is 4.86. The fraction of sp³-hybridized carbons (Fsp3) is 0.600. The summed E-state index contributed by atoms with van der Waals surface area (Å²) in [6.45, 7) is 10.1. The Morgan fingerprint density at radius 2 is 1.38 bits per heavy atom. The molecule has 6 nitrogen and oxygen atoms in total. The summed E-state index contributed by atoms with van der Waals surface area (Å²) in [7, 11) is 0. The number of carbonyl (C=O) groups excluding carboxylic acids is 2. The molecule has 0 aliphatic rings. The van der Waals surface area contributed by atoms with Gasteiger partial charge < -0.3 is 19.7 Å². The number of aliphatic hydroxyl groups is 2. The average Bonchev–Trinajstić information content (AvgIpc) is 2.37. The summed E-state index contributed by atoms with van der Waals surface area (Å²) in [5, 5.41) is 20.8. The molecule has 0 radical (unpaired) electrons. The Balaban J connectivity index is 5.25. The van der Waals surface area contributed by atoms with Gasteiger partial charge in [-0.3, -0.25) is 0 Å². The molecule has 2 N–H and O–H groups in total. The van der Waals surface area contributed by atoms with Crippen molar-refractivity contribution < 1.29 is 29.3 Å². The second-order valence-electron chi connectivity index (χ2n) is 4.86. The molecule has 0 spiro atoms. The fourth-order valence-electron chi connectivity index (χ4n) is 2.14. The van der Waals surface area contributed by atoms with E-state index in [0.717, 1.165) is 12.2 Å². The summed E-state index contributed by atoms with van der Waals surface area (Å²) in [5.41, 5.74) is -1.32. The monoisotopic (exact) mass is 300 g/mol. The van der Waals surface area contributed by atoms with Crippen molar-refractivity contribution in [2.75, 3.05) is 0 Å². The summed E-state index contributed by atoms with van der Waals surface area (Å²) in [6.07, 6.45) is 3.23. The Hall–Kier alpha value is -1.66. The molecule has 0 aromatic rings. The third kappa shape index (κ3) is 7.06. The van der Waals surface area contributed by atoms with Gasteiger partial charge in [-0.05, 0) is 12.8 Å². The predicted octanol–water partition coefficient (Wildman–Crippen LogP) is 1.81. The summed E-state index contributed by atoms with van der Waals surface area (Å²) in [5.74, 6) is -4.50. The highest BCUT2D eigenvalue weighted by atomic mass is 16.8. The minimum atomic E-state index is -2.56.